The van der Waals surface area contributed by atoms with E-state index in [0.29, 0.717) is 12.1 Å². The molecule has 0 saturated carbocycles. The summed E-state index contributed by atoms with van der Waals surface area (Å²) in [6.45, 7) is 0.570. The third kappa shape index (κ3) is 1.97. The molecule has 0 atom stereocenters. The van der Waals surface area contributed by atoms with E-state index in [1.165, 1.54) is 0 Å². The summed E-state index contributed by atoms with van der Waals surface area (Å²) in [5, 5.41) is 13.4. The minimum Gasteiger partial charge on any atom is -0.478 e. The van der Waals surface area contributed by atoms with Gasteiger partial charge in [0.1, 0.15) is 5.52 Å². The van der Waals surface area contributed by atoms with Gasteiger partial charge in [0, 0.05) is 13.2 Å². The highest BCUT2D eigenvalue weighted by atomic mass is 16.4. The average molecular weight is 256 g/mol. The van der Waals surface area contributed by atoms with Crippen LogP contribution in [0.5, 0.6) is 0 Å². The fourth-order valence-electron chi connectivity index (χ4n) is 2.11. The fraction of sp³-hybridized carbons (Fsp3) is 0.154. The van der Waals surface area contributed by atoms with Gasteiger partial charge in [0.2, 0.25) is 0 Å². The average Bonchev–Trinajstić information content (AvgIpc) is 2.97. The number of carbonyl (C=O) groups is 1. The first kappa shape index (κ1) is 11.5. The van der Waals surface area contributed by atoms with Gasteiger partial charge in [0.15, 0.2) is 0 Å². The lowest BCUT2D eigenvalue weighted by molar-refractivity contribution is 0.0699. The monoisotopic (exact) mass is 256 g/mol. The molecule has 0 unspecified atom stereocenters. The zero-order chi connectivity index (χ0) is 13.4. The molecular weight excluding hydrogens is 244 g/mol. The second kappa shape index (κ2) is 4.24. The number of fused-ring (bicyclic) bond motifs is 1. The molecule has 0 amide bonds. The number of imidazole rings is 1. The van der Waals surface area contributed by atoms with E-state index in [9.17, 15) is 4.79 Å². The Hall–Kier alpha value is -2.63. The van der Waals surface area contributed by atoms with Crippen LogP contribution >= 0.6 is 0 Å². The molecule has 1 aromatic carbocycles. The Morgan fingerprint density at radius 2 is 2.21 bits per heavy atom. The molecule has 6 nitrogen and oxygen atoms in total. The highest BCUT2D eigenvalue weighted by Crippen LogP contribution is 2.18. The van der Waals surface area contributed by atoms with E-state index in [1.54, 1.807) is 23.1 Å². The Kier molecular flexibility index (Phi) is 2.56. The lowest BCUT2D eigenvalue weighted by Gasteiger charge is -2.02. The Morgan fingerprint density at radius 3 is 2.89 bits per heavy atom. The molecule has 0 bridgehead atoms. The van der Waals surface area contributed by atoms with Crippen LogP contribution in [0.15, 0.2) is 36.8 Å². The van der Waals surface area contributed by atoms with Gasteiger partial charge in [-0.05, 0) is 18.2 Å². The van der Waals surface area contributed by atoms with Gasteiger partial charge in [-0.2, -0.15) is 5.10 Å². The van der Waals surface area contributed by atoms with Crippen molar-refractivity contribution < 1.29 is 9.90 Å². The largest absolute Gasteiger partial charge is 0.478 e. The Labute approximate surface area is 108 Å². The van der Waals surface area contributed by atoms with Crippen LogP contribution in [0.1, 0.15) is 16.1 Å². The number of aromatic carboxylic acids is 1. The topological polar surface area (TPSA) is 72.9 Å². The summed E-state index contributed by atoms with van der Waals surface area (Å²) in [5.74, 6) is -0.964. The van der Waals surface area contributed by atoms with Crippen molar-refractivity contribution in [1.29, 1.82) is 0 Å². The van der Waals surface area contributed by atoms with E-state index in [4.69, 9.17) is 5.11 Å². The number of aromatic nitrogens is 4. The van der Waals surface area contributed by atoms with Gasteiger partial charge in [0.05, 0.1) is 29.6 Å². The molecule has 0 spiro atoms. The van der Waals surface area contributed by atoms with Crippen molar-refractivity contribution in [2.45, 2.75) is 6.54 Å². The van der Waals surface area contributed by atoms with Crippen LogP contribution in [-0.4, -0.2) is 30.4 Å². The molecular formula is C13H12N4O2. The zero-order valence-corrected chi connectivity index (χ0v) is 10.3. The minimum absolute atomic E-state index is 0.220. The van der Waals surface area contributed by atoms with Crippen LogP contribution in [0.25, 0.3) is 11.0 Å². The first-order valence-corrected chi connectivity index (χ1v) is 5.81. The number of hydrogen-bond donors (Lipinski definition) is 1. The lowest BCUT2D eigenvalue weighted by Crippen LogP contribution is -2.01. The number of aryl methyl sites for hydroxylation is 1. The van der Waals surface area contributed by atoms with Crippen LogP contribution in [-0.2, 0) is 13.6 Å². The smallest absolute Gasteiger partial charge is 0.337 e. The molecule has 0 radical (unpaired) electrons. The summed E-state index contributed by atoms with van der Waals surface area (Å²) in [7, 11) is 1.86. The predicted octanol–water partition coefficient (Wildman–Crippen LogP) is 1.52. The maximum Gasteiger partial charge on any atom is 0.337 e. The zero-order valence-electron chi connectivity index (χ0n) is 10.3. The Morgan fingerprint density at radius 1 is 1.37 bits per heavy atom. The van der Waals surface area contributed by atoms with E-state index in [2.05, 4.69) is 10.1 Å². The van der Waals surface area contributed by atoms with Crippen molar-refractivity contribution in [1.82, 2.24) is 19.3 Å². The van der Waals surface area contributed by atoms with Crippen molar-refractivity contribution in [2.75, 3.05) is 0 Å². The third-order valence-electron chi connectivity index (χ3n) is 2.98. The minimum atomic E-state index is -0.964. The standard InChI is InChI=1S/C13H12N4O2/c1-16-6-5-9(15-16)7-17-8-14-12-10(13(18)19)3-2-4-11(12)17/h2-6,8H,7H2,1H3,(H,18,19). The van der Waals surface area contributed by atoms with Crippen LogP contribution in [0.4, 0.5) is 0 Å². The number of para-hydroxylation sites is 1. The number of carboxylic acid groups (broad SMARTS) is 1. The fourth-order valence-corrected chi connectivity index (χ4v) is 2.11. The number of benzene rings is 1. The van der Waals surface area contributed by atoms with Crippen molar-refractivity contribution in [3.05, 3.63) is 48.0 Å². The quantitative estimate of drug-likeness (QED) is 0.771. The molecule has 3 aromatic rings. The van der Waals surface area contributed by atoms with Crippen LogP contribution in [0, 0.1) is 0 Å². The molecule has 0 aliphatic heterocycles. The maximum atomic E-state index is 11.1. The molecule has 0 aliphatic carbocycles. The van der Waals surface area contributed by atoms with E-state index in [-0.39, 0.29) is 5.56 Å². The third-order valence-corrected chi connectivity index (χ3v) is 2.98. The van der Waals surface area contributed by atoms with Gasteiger partial charge in [-0.25, -0.2) is 9.78 Å². The van der Waals surface area contributed by atoms with E-state index in [0.717, 1.165) is 11.2 Å². The second-order valence-corrected chi connectivity index (χ2v) is 4.33. The molecule has 0 aliphatic rings. The van der Waals surface area contributed by atoms with Crippen molar-refractivity contribution >= 4 is 17.0 Å². The number of carboxylic acids is 1. The SMILES string of the molecule is Cn1ccc(Cn2cnc3c(C(=O)O)cccc32)n1. The van der Waals surface area contributed by atoms with Gasteiger partial charge in [-0.15, -0.1) is 0 Å². The van der Waals surface area contributed by atoms with E-state index in [1.807, 2.05) is 29.9 Å². The van der Waals surface area contributed by atoms with Crippen molar-refractivity contribution in [3.8, 4) is 0 Å². The van der Waals surface area contributed by atoms with Gasteiger partial charge in [-0.1, -0.05) is 6.07 Å². The summed E-state index contributed by atoms with van der Waals surface area (Å²) in [5.41, 5.74) is 2.43. The molecule has 96 valence electrons. The van der Waals surface area contributed by atoms with Gasteiger partial charge >= 0.3 is 5.97 Å². The molecule has 0 fully saturated rings. The van der Waals surface area contributed by atoms with E-state index >= 15 is 0 Å². The van der Waals surface area contributed by atoms with Crippen LogP contribution < -0.4 is 0 Å². The number of hydrogen-bond acceptors (Lipinski definition) is 3. The molecule has 6 heteroatoms. The molecule has 19 heavy (non-hydrogen) atoms. The summed E-state index contributed by atoms with van der Waals surface area (Å²) >= 11 is 0. The second-order valence-electron chi connectivity index (χ2n) is 4.33. The Balaban J connectivity index is 2.06. The van der Waals surface area contributed by atoms with E-state index < -0.39 is 5.97 Å². The van der Waals surface area contributed by atoms with Crippen LogP contribution in [0.2, 0.25) is 0 Å². The summed E-state index contributed by atoms with van der Waals surface area (Å²) in [6.07, 6.45) is 3.52. The maximum absolute atomic E-state index is 11.1. The lowest BCUT2D eigenvalue weighted by atomic mass is 10.2. The van der Waals surface area contributed by atoms with Crippen LogP contribution in [0.3, 0.4) is 0 Å². The highest BCUT2D eigenvalue weighted by molar-refractivity contribution is 6.00. The Bertz CT molecular complexity index is 757. The normalized spacial score (nSPS) is 11.0. The van der Waals surface area contributed by atoms with Gasteiger partial charge in [0.25, 0.3) is 0 Å². The van der Waals surface area contributed by atoms with Crippen molar-refractivity contribution in [2.24, 2.45) is 7.05 Å². The summed E-state index contributed by atoms with van der Waals surface area (Å²) in [6, 6.07) is 7.07. The highest BCUT2D eigenvalue weighted by Gasteiger charge is 2.12. The first-order chi connectivity index (χ1) is 9.15. The molecule has 2 aromatic heterocycles. The van der Waals surface area contributed by atoms with Gasteiger partial charge in [-0.3, -0.25) is 4.68 Å². The first-order valence-electron chi connectivity index (χ1n) is 5.81. The molecule has 2 heterocycles. The van der Waals surface area contributed by atoms with Gasteiger partial charge < -0.3 is 9.67 Å². The summed E-state index contributed by atoms with van der Waals surface area (Å²) < 4.78 is 3.63. The molecule has 3 rings (SSSR count). The number of nitrogens with zero attached hydrogens (tertiary/aromatic N) is 4. The van der Waals surface area contributed by atoms with Crippen molar-refractivity contribution in [3.63, 3.8) is 0 Å². The predicted molar refractivity (Wildman–Crippen MR) is 69.0 cm³/mol. The molecule has 1 N–H and O–H groups in total. The summed E-state index contributed by atoms with van der Waals surface area (Å²) in [4.78, 5) is 15.3. The molecule has 0 saturated heterocycles. The number of rotatable bonds is 3.